The predicted molar refractivity (Wildman–Crippen MR) is 66.1 cm³/mol. The van der Waals surface area contributed by atoms with Crippen molar-refractivity contribution in [3.63, 3.8) is 0 Å². The van der Waals surface area contributed by atoms with Gasteiger partial charge in [-0.05, 0) is 18.4 Å². The van der Waals surface area contributed by atoms with Gasteiger partial charge in [0.1, 0.15) is 0 Å². The number of methoxy groups -OCH3 is 1. The Morgan fingerprint density at radius 1 is 1.39 bits per heavy atom. The SMILES string of the molecule is COC(=O)[C@H](CC(C)C)OC(=O)c1ccn(C)c1. The summed E-state index contributed by atoms with van der Waals surface area (Å²) >= 11 is 0. The van der Waals surface area contributed by atoms with Crippen LogP contribution in [0.5, 0.6) is 0 Å². The van der Waals surface area contributed by atoms with Crippen LogP contribution in [-0.2, 0) is 21.3 Å². The summed E-state index contributed by atoms with van der Waals surface area (Å²) in [7, 11) is 3.09. The number of carbonyl (C=O) groups is 2. The van der Waals surface area contributed by atoms with Crippen LogP contribution in [0, 0.1) is 5.92 Å². The Morgan fingerprint density at radius 3 is 2.50 bits per heavy atom. The second kappa shape index (κ2) is 6.23. The smallest absolute Gasteiger partial charge is 0.347 e. The molecule has 18 heavy (non-hydrogen) atoms. The summed E-state index contributed by atoms with van der Waals surface area (Å²) < 4.78 is 11.6. The number of carbonyl (C=O) groups excluding carboxylic acids is 2. The Kier molecular flexibility index (Phi) is 4.95. The van der Waals surface area contributed by atoms with Gasteiger partial charge in [-0.2, -0.15) is 0 Å². The van der Waals surface area contributed by atoms with Crippen LogP contribution >= 0.6 is 0 Å². The minimum atomic E-state index is -0.845. The molecule has 0 bridgehead atoms. The first-order valence-electron chi connectivity index (χ1n) is 5.84. The first kappa shape index (κ1) is 14.3. The maximum atomic E-state index is 11.8. The zero-order valence-corrected chi connectivity index (χ0v) is 11.2. The lowest BCUT2D eigenvalue weighted by atomic mass is 10.1. The highest BCUT2D eigenvalue weighted by atomic mass is 16.6. The van der Waals surface area contributed by atoms with Gasteiger partial charge in [0.25, 0.3) is 0 Å². The quantitative estimate of drug-likeness (QED) is 0.750. The first-order valence-corrected chi connectivity index (χ1v) is 5.84. The van der Waals surface area contributed by atoms with E-state index in [0.717, 1.165) is 0 Å². The Balaban J connectivity index is 2.71. The fraction of sp³-hybridized carbons (Fsp3) is 0.538. The van der Waals surface area contributed by atoms with Crippen LogP contribution in [0.1, 0.15) is 30.6 Å². The second-order valence-corrected chi connectivity index (χ2v) is 4.61. The van der Waals surface area contributed by atoms with E-state index in [4.69, 9.17) is 4.74 Å². The highest BCUT2D eigenvalue weighted by Crippen LogP contribution is 2.13. The molecule has 1 rings (SSSR count). The number of hydrogen-bond acceptors (Lipinski definition) is 4. The van der Waals surface area contributed by atoms with Gasteiger partial charge in [-0.15, -0.1) is 0 Å². The number of rotatable bonds is 5. The summed E-state index contributed by atoms with van der Waals surface area (Å²) in [5, 5.41) is 0. The topological polar surface area (TPSA) is 57.5 Å². The van der Waals surface area contributed by atoms with E-state index in [0.29, 0.717) is 12.0 Å². The molecule has 0 aliphatic carbocycles. The van der Waals surface area contributed by atoms with E-state index in [1.54, 1.807) is 23.0 Å². The molecule has 0 saturated carbocycles. The molecule has 0 spiro atoms. The van der Waals surface area contributed by atoms with E-state index in [9.17, 15) is 9.59 Å². The van der Waals surface area contributed by atoms with Gasteiger partial charge in [0.15, 0.2) is 6.10 Å². The number of aromatic nitrogens is 1. The van der Waals surface area contributed by atoms with Crippen LogP contribution in [0.15, 0.2) is 18.5 Å². The molecule has 0 saturated heterocycles. The Bertz CT molecular complexity index is 422. The average molecular weight is 253 g/mol. The third-order valence-corrected chi connectivity index (χ3v) is 2.47. The lowest BCUT2D eigenvalue weighted by Crippen LogP contribution is -2.29. The highest BCUT2D eigenvalue weighted by molar-refractivity contribution is 5.91. The van der Waals surface area contributed by atoms with Crippen molar-refractivity contribution < 1.29 is 19.1 Å². The van der Waals surface area contributed by atoms with Crippen molar-refractivity contribution in [3.8, 4) is 0 Å². The molecule has 5 heteroatoms. The van der Waals surface area contributed by atoms with Crippen molar-refractivity contribution in [2.75, 3.05) is 7.11 Å². The third kappa shape index (κ3) is 3.91. The molecular weight excluding hydrogens is 234 g/mol. The molecule has 0 aliphatic heterocycles. The number of aryl methyl sites for hydroxylation is 1. The van der Waals surface area contributed by atoms with Crippen LogP contribution in [0.3, 0.4) is 0 Å². The molecule has 100 valence electrons. The van der Waals surface area contributed by atoms with Crippen molar-refractivity contribution >= 4 is 11.9 Å². The van der Waals surface area contributed by atoms with Crippen LogP contribution in [0.2, 0.25) is 0 Å². The lowest BCUT2D eigenvalue weighted by molar-refractivity contribution is -0.151. The third-order valence-electron chi connectivity index (χ3n) is 2.47. The van der Waals surface area contributed by atoms with Gasteiger partial charge < -0.3 is 14.0 Å². The molecule has 5 nitrogen and oxygen atoms in total. The molecule has 0 aromatic carbocycles. The summed E-state index contributed by atoms with van der Waals surface area (Å²) in [6.07, 6.45) is 2.99. The summed E-state index contributed by atoms with van der Waals surface area (Å²) in [6.45, 7) is 3.90. The maximum absolute atomic E-state index is 11.8. The van der Waals surface area contributed by atoms with E-state index in [1.807, 2.05) is 20.9 Å². The molecule has 1 aromatic heterocycles. The zero-order valence-electron chi connectivity index (χ0n) is 11.2. The molecule has 0 unspecified atom stereocenters. The van der Waals surface area contributed by atoms with Gasteiger partial charge in [-0.25, -0.2) is 9.59 Å². The molecule has 0 radical (unpaired) electrons. The summed E-state index contributed by atoms with van der Waals surface area (Å²) in [4.78, 5) is 23.3. The number of hydrogen-bond donors (Lipinski definition) is 0. The first-order chi connectivity index (χ1) is 8.43. The molecule has 0 fully saturated rings. The van der Waals surface area contributed by atoms with Crippen LogP contribution < -0.4 is 0 Å². The van der Waals surface area contributed by atoms with Crippen molar-refractivity contribution in [1.82, 2.24) is 4.57 Å². The van der Waals surface area contributed by atoms with Crippen molar-refractivity contribution in [1.29, 1.82) is 0 Å². The minimum Gasteiger partial charge on any atom is -0.466 e. The van der Waals surface area contributed by atoms with Gasteiger partial charge >= 0.3 is 11.9 Å². The van der Waals surface area contributed by atoms with E-state index < -0.39 is 18.0 Å². The van der Waals surface area contributed by atoms with Crippen molar-refractivity contribution in [2.45, 2.75) is 26.4 Å². The van der Waals surface area contributed by atoms with Gasteiger partial charge in [-0.1, -0.05) is 13.8 Å². The van der Waals surface area contributed by atoms with Gasteiger partial charge in [0.2, 0.25) is 0 Å². The highest BCUT2D eigenvalue weighted by Gasteiger charge is 2.25. The van der Waals surface area contributed by atoms with E-state index in [1.165, 1.54) is 7.11 Å². The summed E-state index contributed by atoms with van der Waals surface area (Å²) in [6, 6.07) is 1.64. The minimum absolute atomic E-state index is 0.234. The van der Waals surface area contributed by atoms with Crippen LogP contribution in [0.25, 0.3) is 0 Å². The molecule has 0 N–H and O–H groups in total. The molecule has 1 aromatic rings. The molecule has 1 heterocycles. The van der Waals surface area contributed by atoms with E-state index in [2.05, 4.69) is 4.74 Å². The predicted octanol–water partition coefficient (Wildman–Crippen LogP) is 1.77. The average Bonchev–Trinajstić information content (AvgIpc) is 2.73. The zero-order chi connectivity index (χ0) is 13.7. The second-order valence-electron chi connectivity index (χ2n) is 4.61. The fourth-order valence-corrected chi connectivity index (χ4v) is 1.57. The Hall–Kier alpha value is -1.78. The van der Waals surface area contributed by atoms with Gasteiger partial charge in [0.05, 0.1) is 12.7 Å². The standard InChI is InChI=1S/C13H19NO4/c1-9(2)7-11(13(16)17-4)18-12(15)10-5-6-14(3)8-10/h5-6,8-9,11H,7H2,1-4H3/t11-/m0/s1. The monoisotopic (exact) mass is 253 g/mol. The number of nitrogens with zero attached hydrogens (tertiary/aromatic N) is 1. The number of esters is 2. The Morgan fingerprint density at radius 2 is 2.06 bits per heavy atom. The maximum Gasteiger partial charge on any atom is 0.347 e. The van der Waals surface area contributed by atoms with Gasteiger partial charge in [0, 0.05) is 19.4 Å². The van der Waals surface area contributed by atoms with E-state index in [-0.39, 0.29) is 5.92 Å². The molecule has 1 atom stereocenters. The van der Waals surface area contributed by atoms with Crippen LogP contribution in [-0.4, -0.2) is 29.7 Å². The summed E-state index contributed by atoms with van der Waals surface area (Å²) in [5.41, 5.74) is 0.426. The summed E-state index contributed by atoms with van der Waals surface area (Å²) in [5.74, 6) is -0.794. The molecule has 0 amide bonds. The number of ether oxygens (including phenoxy) is 2. The van der Waals surface area contributed by atoms with E-state index >= 15 is 0 Å². The van der Waals surface area contributed by atoms with Gasteiger partial charge in [-0.3, -0.25) is 0 Å². The normalized spacial score (nSPS) is 12.3. The Labute approximate surface area is 107 Å². The van der Waals surface area contributed by atoms with Crippen molar-refractivity contribution in [3.05, 3.63) is 24.0 Å². The lowest BCUT2D eigenvalue weighted by Gasteiger charge is -2.17. The molecular formula is C13H19NO4. The molecule has 0 aliphatic rings. The van der Waals surface area contributed by atoms with Crippen molar-refractivity contribution in [2.24, 2.45) is 13.0 Å². The van der Waals surface area contributed by atoms with Crippen LogP contribution in [0.4, 0.5) is 0 Å². The largest absolute Gasteiger partial charge is 0.466 e. The fourth-order valence-electron chi connectivity index (χ4n) is 1.57.